The number of nitrogens with zero attached hydrogens (tertiary/aromatic N) is 2. The summed E-state index contributed by atoms with van der Waals surface area (Å²) in [6.45, 7) is 18.0. The van der Waals surface area contributed by atoms with Crippen LogP contribution >= 0.6 is 0 Å². The van der Waals surface area contributed by atoms with Crippen molar-refractivity contribution in [2.24, 2.45) is 17.8 Å². The number of likely N-dealkylation sites (N-methyl/N-ethyl adjacent to an activating group) is 1. The highest BCUT2D eigenvalue weighted by atomic mass is 16.7. The fourth-order valence-corrected chi connectivity index (χ4v) is 8.64. The zero-order valence-corrected chi connectivity index (χ0v) is 34.2. The van der Waals surface area contributed by atoms with Gasteiger partial charge in [0, 0.05) is 38.1 Å². The van der Waals surface area contributed by atoms with Crippen LogP contribution in [-0.2, 0) is 33.2 Å². The Morgan fingerprint density at radius 2 is 1.56 bits per heavy atom. The summed E-state index contributed by atoms with van der Waals surface area (Å²) in [5, 5.41) is 58.1. The highest BCUT2D eigenvalue weighted by Crippen LogP contribution is 2.40. The summed E-state index contributed by atoms with van der Waals surface area (Å²) in [4.78, 5) is 18.1. The largest absolute Gasteiger partial charge is 0.459 e. The van der Waals surface area contributed by atoms with Gasteiger partial charge in [-0.15, -0.1) is 0 Å². The molecule has 0 unspecified atom stereocenters. The number of hydrogen-bond acceptors (Lipinski definition) is 14. The number of esters is 1. The van der Waals surface area contributed by atoms with Gasteiger partial charge in [0.2, 0.25) is 0 Å². The Morgan fingerprint density at radius 1 is 0.942 bits per heavy atom. The van der Waals surface area contributed by atoms with Gasteiger partial charge < -0.3 is 63.8 Å². The maximum atomic E-state index is 14.2. The number of cyclic esters (lactones) is 1. The number of rotatable bonds is 7. The van der Waals surface area contributed by atoms with Gasteiger partial charge in [0.05, 0.1) is 47.6 Å². The zero-order valence-electron chi connectivity index (χ0n) is 34.2. The van der Waals surface area contributed by atoms with Crippen LogP contribution in [0.1, 0.15) is 94.9 Å². The smallest absolute Gasteiger partial charge is 0.311 e. The predicted molar refractivity (Wildman–Crippen MR) is 194 cm³/mol. The average Bonchev–Trinajstić information content (AvgIpc) is 3.06. The number of aliphatic hydroxyl groups is 5. The van der Waals surface area contributed by atoms with E-state index < -0.39 is 95.8 Å². The van der Waals surface area contributed by atoms with Crippen LogP contribution in [0.2, 0.25) is 0 Å². The van der Waals surface area contributed by atoms with Gasteiger partial charge in [-0.05, 0) is 94.8 Å². The summed E-state index contributed by atoms with van der Waals surface area (Å²) in [7, 11) is 7.17. The maximum Gasteiger partial charge on any atom is 0.311 e. The molecule has 14 heteroatoms. The lowest BCUT2D eigenvalue weighted by atomic mass is 9.78. The third-order valence-corrected chi connectivity index (χ3v) is 12.3. The number of carbonyl (C=O) groups is 1. The van der Waals surface area contributed by atoms with Crippen molar-refractivity contribution in [3.05, 3.63) is 0 Å². The molecule has 52 heavy (non-hydrogen) atoms. The molecule has 5 N–H and O–H groups in total. The van der Waals surface area contributed by atoms with Crippen LogP contribution in [0, 0.1) is 17.8 Å². The number of hydrogen-bond donors (Lipinski definition) is 5. The fraction of sp³-hybridized carbons (Fsp3) is 0.974. The summed E-state index contributed by atoms with van der Waals surface area (Å²) in [5.74, 6) is -2.88. The molecule has 14 nitrogen and oxygen atoms in total. The van der Waals surface area contributed by atoms with E-state index >= 15 is 0 Å². The van der Waals surface area contributed by atoms with Crippen molar-refractivity contribution in [2.75, 3.05) is 34.8 Å². The van der Waals surface area contributed by atoms with Crippen LogP contribution in [0.4, 0.5) is 0 Å². The molecule has 3 fully saturated rings. The molecule has 3 rings (SSSR count). The first-order valence-electron chi connectivity index (χ1n) is 19.1. The molecule has 18 atom stereocenters. The lowest BCUT2D eigenvalue weighted by molar-refractivity contribution is -0.318. The zero-order chi connectivity index (χ0) is 39.7. The van der Waals surface area contributed by atoms with Gasteiger partial charge in [-0.1, -0.05) is 20.8 Å². The van der Waals surface area contributed by atoms with Gasteiger partial charge >= 0.3 is 5.97 Å². The molecule has 0 amide bonds. The Morgan fingerprint density at radius 3 is 2.12 bits per heavy atom. The van der Waals surface area contributed by atoms with Crippen LogP contribution in [0.3, 0.4) is 0 Å². The summed E-state index contributed by atoms with van der Waals surface area (Å²) in [5.41, 5.74) is -4.38. The number of ether oxygens (including phenoxy) is 6. The van der Waals surface area contributed by atoms with E-state index in [0.717, 1.165) is 0 Å². The third kappa shape index (κ3) is 10.0. The van der Waals surface area contributed by atoms with E-state index in [9.17, 15) is 30.3 Å². The topological polar surface area (TPSA) is 180 Å². The molecule has 0 radical (unpaired) electrons. The van der Waals surface area contributed by atoms with Crippen LogP contribution in [0.25, 0.3) is 0 Å². The van der Waals surface area contributed by atoms with E-state index in [0.29, 0.717) is 13.0 Å². The fourth-order valence-electron chi connectivity index (χ4n) is 8.64. The van der Waals surface area contributed by atoms with E-state index in [1.54, 1.807) is 34.6 Å². The molecule has 0 aromatic heterocycles. The number of aliphatic hydroxyl groups excluding tert-OH is 3. The normalized spacial score (nSPS) is 49.6. The summed E-state index contributed by atoms with van der Waals surface area (Å²) >= 11 is 0. The van der Waals surface area contributed by atoms with Gasteiger partial charge in [-0.2, -0.15) is 0 Å². The molecule has 0 aliphatic carbocycles. The maximum absolute atomic E-state index is 14.2. The molecular formula is C38H72N2O12. The molecule has 3 saturated heterocycles. The second-order valence-electron chi connectivity index (χ2n) is 17.1. The summed E-state index contributed by atoms with van der Waals surface area (Å²) in [6.07, 6.45) is -8.20. The second-order valence-corrected chi connectivity index (χ2v) is 17.1. The Hall–Kier alpha value is -1.01. The van der Waals surface area contributed by atoms with Gasteiger partial charge in [-0.3, -0.25) is 4.79 Å². The van der Waals surface area contributed by atoms with Crippen LogP contribution in [-0.4, -0.2) is 166 Å². The number of methoxy groups -OCH3 is 1. The van der Waals surface area contributed by atoms with Crippen molar-refractivity contribution >= 4 is 5.97 Å². The van der Waals surface area contributed by atoms with Gasteiger partial charge in [0.25, 0.3) is 0 Å². The Labute approximate surface area is 312 Å². The van der Waals surface area contributed by atoms with E-state index in [2.05, 4.69) is 0 Å². The standard InChI is InChI=1S/C38H72N2O12/c1-15-27-38(10,46)31(42)20(2)19-40(13)21(3)17-36(8,45)33(52-35-29(41)26(39(11)12)16-22(4)48-35)23(5)30(24(6)34(44)50-27)51-28-18-37(9,47-14)32(43)25(7)49-28/h20-33,35,41-43,45-46H,15-19H2,1-14H3/t20-,21+,22+,23-,24+,25-,26-,27+,28-,29+,30-,31+,32-,33+,35-,36+,37+,38+/m0/s1. The highest BCUT2D eigenvalue weighted by molar-refractivity contribution is 5.73. The van der Waals surface area contributed by atoms with E-state index in [1.165, 1.54) is 14.0 Å². The van der Waals surface area contributed by atoms with Crippen LogP contribution < -0.4 is 0 Å². The summed E-state index contributed by atoms with van der Waals surface area (Å²) < 4.78 is 37.5. The van der Waals surface area contributed by atoms with Gasteiger partial charge in [0.1, 0.15) is 23.9 Å². The lowest BCUT2D eigenvalue weighted by Gasteiger charge is -2.49. The SMILES string of the molecule is CC[C@H]1OC(=O)[C@H](C)[C@@H](O[C@H]2C[C@@](C)(OC)[C@@H](O)[C@H](C)O2)[C@H](C)[C@@H](O[C@@H]2O[C@H](C)C[C@H](N(C)C)[C@H]2O)[C@](C)(O)C[C@@H](C)N(C)C[C@H](C)[C@@H](O)[C@]1(C)O. The molecule has 0 bridgehead atoms. The third-order valence-electron chi connectivity index (χ3n) is 12.3. The second kappa shape index (κ2) is 17.8. The molecule has 0 spiro atoms. The van der Waals surface area contributed by atoms with Crippen molar-refractivity contribution in [3.63, 3.8) is 0 Å². The molecule has 306 valence electrons. The first-order chi connectivity index (χ1) is 23.9. The Bertz CT molecular complexity index is 1140. The van der Waals surface area contributed by atoms with Crippen molar-refractivity contribution in [1.82, 2.24) is 9.80 Å². The molecule has 3 heterocycles. The minimum Gasteiger partial charge on any atom is -0.459 e. The van der Waals surface area contributed by atoms with Crippen molar-refractivity contribution in [1.29, 1.82) is 0 Å². The molecular weight excluding hydrogens is 676 g/mol. The van der Waals surface area contributed by atoms with E-state index in [1.807, 2.05) is 58.6 Å². The monoisotopic (exact) mass is 749 g/mol. The Balaban J connectivity index is 2.18. The molecule has 3 aliphatic heterocycles. The minimum absolute atomic E-state index is 0.132. The number of carbonyl (C=O) groups excluding carboxylic acids is 1. The van der Waals surface area contributed by atoms with Crippen LogP contribution in [0.15, 0.2) is 0 Å². The average molecular weight is 749 g/mol. The molecule has 3 aliphatic rings. The first kappa shape index (κ1) is 45.4. The molecule has 0 saturated carbocycles. The lowest BCUT2D eigenvalue weighted by Crippen LogP contribution is -2.60. The predicted octanol–water partition coefficient (Wildman–Crippen LogP) is 1.90. The van der Waals surface area contributed by atoms with Crippen molar-refractivity contribution in [3.8, 4) is 0 Å². The van der Waals surface area contributed by atoms with Crippen molar-refractivity contribution in [2.45, 2.75) is 185 Å². The quantitative estimate of drug-likeness (QED) is 0.238. The van der Waals surface area contributed by atoms with Crippen molar-refractivity contribution < 1.29 is 58.7 Å². The van der Waals surface area contributed by atoms with Gasteiger partial charge in [-0.25, -0.2) is 0 Å². The van der Waals surface area contributed by atoms with Crippen LogP contribution in [0.5, 0.6) is 0 Å². The Kier molecular flexibility index (Phi) is 15.6. The summed E-state index contributed by atoms with van der Waals surface area (Å²) in [6, 6.07) is -0.518. The molecule has 0 aromatic rings. The molecule has 0 aromatic carbocycles. The van der Waals surface area contributed by atoms with E-state index in [-0.39, 0.29) is 37.5 Å². The van der Waals surface area contributed by atoms with E-state index in [4.69, 9.17) is 28.4 Å². The first-order valence-corrected chi connectivity index (χ1v) is 19.1. The highest BCUT2D eigenvalue weighted by Gasteiger charge is 2.52. The minimum atomic E-state index is -1.78. The van der Waals surface area contributed by atoms with Gasteiger partial charge in [0.15, 0.2) is 12.6 Å².